The number of anilines is 1. The Labute approximate surface area is 157 Å². The van der Waals surface area contributed by atoms with Crippen LogP contribution in [0.15, 0.2) is 39.7 Å². The molecule has 3 nitrogen and oxygen atoms in total. The highest BCUT2D eigenvalue weighted by atomic mass is 79.9. The molecule has 23 heavy (non-hydrogen) atoms. The Kier molecular flexibility index (Phi) is 6.65. The summed E-state index contributed by atoms with van der Waals surface area (Å²) in [6, 6.07) is 8.68. The van der Waals surface area contributed by atoms with Gasteiger partial charge in [-0.2, -0.15) is 0 Å². The molecule has 1 N–H and O–H groups in total. The van der Waals surface area contributed by atoms with E-state index >= 15 is 0 Å². The molecule has 1 amide bonds. The Balaban J connectivity index is 2.37. The first-order chi connectivity index (χ1) is 11.0. The quantitative estimate of drug-likeness (QED) is 0.575. The number of halogens is 3. The molecule has 0 bridgehead atoms. The summed E-state index contributed by atoms with van der Waals surface area (Å²) in [5.74, 6) is 0.211. The van der Waals surface area contributed by atoms with Crippen molar-refractivity contribution >= 4 is 62.5 Å². The molecule has 122 valence electrons. The Hall–Kier alpha value is -0.880. The molecule has 0 saturated heterocycles. The minimum absolute atomic E-state index is 0.319. The first-order valence-corrected chi connectivity index (χ1v) is 9.50. The van der Waals surface area contributed by atoms with Crippen molar-refractivity contribution in [3.05, 3.63) is 50.4 Å². The first-order valence-electron chi connectivity index (χ1n) is 6.73. The lowest BCUT2D eigenvalue weighted by atomic mass is 10.2. The van der Waals surface area contributed by atoms with E-state index in [4.69, 9.17) is 27.9 Å². The molecule has 0 heterocycles. The predicted molar refractivity (Wildman–Crippen MR) is 102 cm³/mol. The molecule has 0 saturated carbocycles. The number of nitrogens with one attached hydrogen (secondary N) is 1. The van der Waals surface area contributed by atoms with Crippen LogP contribution in [0.25, 0.3) is 0 Å². The maximum absolute atomic E-state index is 12.6. The monoisotopic (exact) mass is 433 g/mol. The highest BCUT2D eigenvalue weighted by Crippen LogP contribution is 2.37. The third-order valence-electron chi connectivity index (χ3n) is 2.96. The number of hydrogen-bond donors (Lipinski definition) is 1. The van der Waals surface area contributed by atoms with E-state index in [2.05, 4.69) is 21.2 Å². The topological polar surface area (TPSA) is 38.3 Å². The van der Waals surface area contributed by atoms with Crippen LogP contribution in [0.3, 0.4) is 0 Å². The molecular formula is C16H14BrCl2NO2S. The fourth-order valence-corrected chi connectivity index (χ4v) is 3.51. The first kappa shape index (κ1) is 18.5. The SMILES string of the molecule is CCOc1c(Br)cc(Cl)cc1NC(=O)c1cc(SC)ccc1Cl. The van der Waals surface area contributed by atoms with Crippen molar-refractivity contribution in [1.82, 2.24) is 0 Å². The number of benzene rings is 2. The Bertz CT molecular complexity index is 740. The van der Waals surface area contributed by atoms with E-state index in [-0.39, 0.29) is 5.91 Å². The molecule has 0 aromatic heterocycles. The number of hydrogen-bond acceptors (Lipinski definition) is 3. The van der Waals surface area contributed by atoms with Gasteiger partial charge in [-0.1, -0.05) is 23.2 Å². The minimum Gasteiger partial charge on any atom is -0.491 e. The summed E-state index contributed by atoms with van der Waals surface area (Å²) >= 11 is 17.1. The van der Waals surface area contributed by atoms with Gasteiger partial charge >= 0.3 is 0 Å². The predicted octanol–water partition coefficient (Wildman–Crippen LogP) is 6.13. The van der Waals surface area contributed by atoms with Gasteiger partial charge < -0.3 is 10.1 Å². The molecule has 0 fully saturated rings. The lowest BCUT2D eigenvalue weighted by Gasteiger charge is -2.14. The molecule has 0 unspecified atom stereocenters. The van der Waals surface area contributed by atoms with Gasteiger partial charge in [0.1, 0.15) is 0 Å². The minimum atomic E-state index is -0.319. The Morgan fingerprint density at radius 3 is 2.70 bits per heavy atom. The van der Waals surface area contributed by atoms with Gasteiger partial charge in [0, 0.05) is 9.92 Å². The second-order valence-electron chi connectivity index (χ2n) is 4.50. The van der Waals surface area contributed by atoms with Crippen LogP contribution in [0, 0.1) is 0 Å². The molecule has 0 aliphatic rings. The van der Waals surface area contributed by atoms with Crippen molar-refractivity contribution in [3.63, 3.8) is 0 Å². The molecule has 0 aliphatic heterocycles. The van der Waals surface area contributed by atoms with Crippen LogP contribution >= 0.6 is 50.9 Å². The second kappa shape index (κ2) is 8.29. The number of carbonyl (C=O) groups excluding carboxylic acids is 1. The third kappa shape index (κ3) is 4.57. The van der Waals surface area contributed by atoms with E-state index < -0.39 is 0 Å². The molecule has 0 atom stereocenters. The Morgan fingerprint density at radius 2 is 2.04 bits per heavy atom. The van der Waals surface area contributed by atoms with Gasteiger partial charge in [0.05, 0.1) is 27.4 Å². The average molecular weight is 435 g/mol. The van der Waals surface area contributed by atoms with Crippen molar-refractivity contribution in [2.24, 2.45) is 0 Å². The largest absolute Gasteiger partial charge is 0.491 e. The van der Waals surface area contributed by atoms with Crippen LogP contribution < -0.4 is 10.1 Å². The highest BCUT2D eigenvalue weighted by molar-refractivity contribution is 9.10. The lowest BCUT2D eigenvalue weighted by molar-refractivity contribution is 0.102. The van der Waals surface area contributed by atoms with E-state index in [0.717, 1.165) is 4.90 Å². The summed E-state index contributed by atoms with van der Waals surface area (Å²) in [5, 5.41) is 3.69. The van der Waals surface area contributed by atoms with Gasteiger partial charge in [-0.15, -0.1) is 11.8 Å². The van der Waals surface area contributed by atoms with E-state index in [9.17, 15) is 4.79 Å². The molecule has 7 heteroatoms. The smallest absolute Gasteiger partial charge is 0.257 e. The Morgan fingerprint density at radius 1 is 1.30 bits per heavy atom. The van der Waals surface area contributed by atoms with Crippen LogP contribution in [-0.4, -0.2) is 18.8 Å². The maximum Gasteiger partial charge on any atom is 0.257 e. The number of thioether (sulfide) groups is 1. The molecular weight excluding hydrogens is 421 g/mol. The molecule has 0 spiro atoms. The van der Waals surface area contributed by atoms with E-state index in [1.165, 1.54) is 11.8 Å². The van der Waals surface area contributed by atoms with Gasteiger partial charge in [-0.3, -0.25) is 4.79 Å². The number of ether oxygens (including phenoxy) is 1. The van der Waals surface area contributed by atoms with Crippen molar-refractivity contribution in [3.8, 4) is 5.75 Å². The number of amides is 1. The van der Waals surface area contributed by atoms with Crippen molar-refractivity contribution in [2.45, 2.75) is 11.8 Å². The van der Waals surface area contributed by atoms with Gasteiger partial charge in [0.2, 0.25) is 0 Å². The van der Waals surface area contributed by atoms with E-state index in [0.29, 0.717) is 38.1 Å². The molecule has 0 radical (unpaired) electrons. The average Bonchev–Trinajstić information content (AvgIpc) is 2.51. The molecule has 0 aliphatic carbocycles. The standard InChI is InChI=1S/C16H14BrCl2NO2S/c1-3-22-15-12(17)6-9(18)7-14(15)20-16(21)11-8-10(23-2)4-5-13(11)19/h4-8H,3H2,1-2H3,(H,20,21). The van der Waals surface area contributed by atoms with Crippen LogP contribution in [0.4, 0.5) is 5.69 Å². The zero-order valence-corrected chi connectivity index (χ0v) is 16.4. The number of rotatable bonds is 5. The van der Waals surface area contributed by atoms with Crippen molar-refractivity contribution in [1.29, 1.82) is 0 Å². The summed E-state index contributed by atoms with van der Waals surface area (Å²) in [7, 11) is 0. The van der Waals surface area contributed by atoms with E-state index in [1.807, 2.05) is 19.2 Å². The fourth-order valence-electron chi connectivity index (χ4n) is 1.94. The zero-order valence-electron chi connectivity index (χ0n) is 12.5. The van der Waals surface area contributed by atoms with Crippen molar-refractivity contribution < 1.29 is 9.53 Å². The van der Waals surface area contributed by atoms with Crippen LogP contribution in [0.1, 0.15) is 17.3 Å². The van der Waals surface area contributed by atoms with Gasteiger partial charge in [-0.05, 0) is 59.4 Å². The van der Waals surface area contributed by atoms with E-state index in [1.54, 1.807) is 24.3 Å². The summed E-state index contributed by atoms with van der Waals surface area (Å²) in [4.78, 5) is 13.5. The normalized spacial score (nSPS) is 10.5. The van der Waals surface area contributed by atoms with Gasteiger partial charge in [0.15, 0.2) is 5.75 Å². The lowest BCUT2D eigenvalue weighted by Crippen LogP contribution is -2.14. The highest BCUT2D eigenvalue weighted by Gasteiger charge is 2.16. The fraction of sp³-hybridized carbons (Fsp3) is 0.188. The maximum atomic E-state index is 12.6. The van der Waals surface area contributed by atoms with Crippen molar-refractivity contribution in [2.75, 3.05) is 18.2 Å². The summed E-state index contributed by atoms with van der Waals surface area (Å²) in [6.07, 6.45) is 1.94. The zero-order chi connectivity index (χ0) is 17.0. The van der Waals surface area contributed by atoms with Crippen LogP contribution in [0.2, 0.25) is 10.0 Å². The second-order valence-corrected chi connectivity index (χ2v) is 7.07. The summed E-state index contributed by atoms with van der Waals surface area (Å²) < 4.78 is 6.25. The van der Waals surface area contributed by atoms with Gasteiger partial charge in [0.25, 0.3) is 5.91 Å². The van der Waals surface area contributed by atoms with Crippen LogP contribution in [-0.2, 0) is 0 Å². The number of carbonyl (C=O) groups is 1. The summed E-state index contributed by atoms with van der Waals surface area (Å²) in [6.45, 7) is 2.33. The molecule has 2 aromatic rings. The molecule has 2 aromatic carbocycles. The summed E-state index contributed by atoms with van der Waals surface area (Å²) in [5.41, 5.74) is 0.888. The van der Waals surface area contributed by atoms with Gasteiger partial charge in [-0.25, -0.2) is 0 Å². The van der Waals surface area contributed by atoms with Crippen LogP contribution in [0.5, 0.6) is 5.75 Å². The molecule has 2 rings (SSSR count). The third-order valence-corrected chi connectivity index (χ3v) is 4.83.